The van der Waals surface area contributed by atoms with Crippen LogP contribution in [0, 0.1) is 0 Å². The number of rotatable bonds is 11. The maximum atomic E-state index is 11.0. The van der Waals surface area contributed by atoms with Gasteiger partial charge in [-0.15, -0.1) is 0 Å². The molecule has 0 saturated carbocycles. The second kappa shape index (κ2) is 15.3. The fraction of sp³-hybridized carbons (Fsp3) is 0.800. The Morgan fingerprint density at radius 1 is 1.17 bits per heavy atom. The van der Waals surface area contributed by atoms with Gasteiger partial charge in [0.15, 0.2) is 0 Å². The maximum absolute atomic E-state index is 11.0. The van der Waals surface area contributed by atoms with E-state index >= 15 is 0 Å². The van der Waals surface area contributed by atoms with Crippen molar-refractivity contribution in [2.24, 2.45) is 0 Å². The average molecular weight is 263 g/mol. The van der Waals surface area contributed by atoms with Gasteiger partial charge in [0.1, 0.15) is 0 Å². The summed E-state index contributed by atoms with van der Waals surface area (Å²) < 4.78 is 0. The van der Waals surface area contributed by atoms with Crippen LogP contribution in [0.5, 0.6) is 0 Å². The van der Waals surface area contributed by atoms with Gasteiger partial charge >= 0.3 is 29.6 Å². The Kier molecular flexibility index (Phi) is 17.4. The van der Waals surface area contributed by atoms with Crippen molar-refractivity contribution in [1.82, 2.24) is 5.32 Å². The average Bonchev–Trinajstić information content (AvgIpc) is 2.32. The number of unbranched alkanes of at least 4 members (excludes halogenated alkanes) is 7. The van der Waals surface area contributed by atoms with Gasteiger partial charge in [0.2, 0.25) is 5.91 Å². The van der Waals surface area contributed by atoms with Gasteiger partial charge in [-0.1, -0.05) is 64.9 Å². The van der Waals surface area contributed by atoms with Gasteiger partial charge in [-0.25, -0.2) is 0 Å². The molecule has 1 unspecified atom stereocenters. The molecule has 1 N–H and O–H groups in total. The molecule has 18 heavy (non-hydrogen) atoms. The number of amides is 1. The molecular weight excluding hydrogens is 233 g/mol. The second-order valence-corrected chi connectivity index (χ2v) is 4.88. The summed E-state index contributed by atoms with van der Waals surface area (Å²) in [6.07, 6.45) is 13.1. The standard InChI is InChI=1S/C15H29NO.Na.H/c1-4-6-7-8-9-10-11-12-13-14(3)16-15(17)5-2;;/h5,14H,2,4,6-13H2,1,3H3,(H,16,17);;/q;+1;-1. The molecule has 0 heterocycles. The van der Waals surface area contributed by atoms with Gasteiger partial charge in [0.05, 0.1) is 0 Å². The summed E-state index contributed by atoms with van der Waals surface area (Å²) in [6, 6.07) is 0.278. The first-order chi connectivity index (χ1) is 8.20. The molecule has 0 aromatic carbocycles. The molecule has 3 heteroatoms. The first-order valence-corrected chi connectivity index (χ1v) is 7.13. The minimum atomic E-state index is -0.0583. The van der Waals surface area contributed by atoms with Crippen LogP contribution in [-0.4, -0.2) is 11.9 Å². The number of carbonyl (C=O) groups is 1. The zero-order valence-corrected chi connectivity index (χ0v) is 14.6. The Morgan fingerprint density at radius 2 is 1.67 bits per heavy atom. The number of carbonyl (C=O) groups excluding carboxylic acids is 1. The summed E-state index contributed by atoms with van der Waals surface area (Å²) in [4.78, 5) is 11.0. The largest absolute Gasteiger partial charge is 1.00 e. The summed E-state index contributed by atoms with van der Waals surface area (Å²) in [5.41, 5.74) is 0. The minimum Gasteiger partial charge on any atom is -1.00 e. The molecule has 0 aliphatic heterocycles. The first-order valence-electron chi connectivity index (χ1n) is 7.13. The van der Waals surface area contributed by atoms with Crippen LogP contribution in [0.15, 0.2) is 12.7 Å². The predicted octanol–water partition coefficient (Wildman–Crippen LogP) is 1.32. The van der Waals surface area contributed by atoms with Gasteiger partial charge in [-0.2, -0.15) is 0 Å². The Bertz CT molecular complexity index is 212. The molecule has 0 fully saturated rings. The van der Waals surface area contributed by atoms with E-state index in [0.29, 0.717) is 0 Å². The fourth-order valence-electron chi connectivity index (χ4n) is 1.96. The number of nitrogens with one attached hydrogen (secondary N) is 1. The van der Waals surface area contributed by atoms with Crippen molar-refractivity contribution < 1.29 is 35.8 Å². The van der Waals surface area contributed by atoms with Crippen molar-refractivity contribution in [1.29, 1.82) is 0 Å². The van der Waals surface area contributed by atoms with E-state index in [4.69, 9.17) is 0 Å². The SMILES string of the molecule is C=CC(=O)NC(C)CCCCCCCCCC.[H-].[Na+]. The van der Waals surface area contributed by atoms with E-state index in [1.807, 2.05) is 0 Å². The molecule has 2 nitrogen and oxygen atoms in total. The summed E-state index contributed by atoms with van der Waals surface area (Å²) in [7, 11) is 0. The van der Waals surface area contributed by atoms with E-state index in [0.717, 1.165) is 6.42 Å². The third-order valence-corrected chi connectivity index (χ3v) is 3.06. The minimum absolute atomic E-state index is 0. The third kappa shape index (κ3) is 14.3. The topological polar surface area (TPSA) is 29.1 Å². The molecular formula is C15H30NNaO. The first kappa shape index (κ1) is 20.5. The van der Waals surface area contributed by atoms with Gasteiger partial charge in [0.25, 0.3) is 0 Å². The van der Waals surface area contributed by atoms with Crippen LogP contribution >= 0.6 is 0 Å². The van der Waals surface area contributed by atoms with Gasteiger partial charge in [0, 0.05) is 6.04 Å². The Labute approximate surface area is 137 Å². The molecule has 0 aromatic heterocycles. The van der Waals surface area contributed by atoms with Gasteiger partial charge in [-0.05, 0) is 19.4 Å². The van der Waals surface area contributed by atoms with Crippen molar-refractivity contribution in [2.75, 3.05) is 0 Å². The van der Waals surface area contributed by atoms with Crippen LogP contribution in [0.2, 0.25) is 0 Å². The monoisotopic (exact) mass is 263 g/mol. The zero-order chi connectivity index (χ0) is 12.9. The number of hydrogen-bond acceptors (Lipinski definition) is 1. The molecule has 0 radical (unpaired) electrons. The Hall–Kier alpha value is 0.210. The molecule has 0 bridgehead atoms. The molecule has 0 aromatic rings. The molecule has 1 amide bonds. The predicted molar refractivity (Wildman–Crippen MR) is 76.1 cm³/mol. The van der Waals surface area contributed by atoms with E-state index in [2.05, 4.69) is 25.7 Å². The summed E-state index contributed by atoms with van der Waals surface area (Å²) in [6.45, 7) is 7.75. The van der Waals surface area contributed by atoms with Crippen molar-refractivity contribution in [3.8, 4) is 0 Å². The fourth-order valence-corrected chi connectivity index (χ4v) is 1.96. The molecule has 0 rings (SSSR count). The van der Waals surface area contributed by atoms with Crippen LogP contribution in [0.1, 0.15) is 73.1 Å². The normalized spacial score (nSPS) is 11.4. The van der Waals surface area contributed by atoms with Crippen molar-refractivity contribution in [3.05, 3.63) is 12.7 Å². The van der Waals surface area contributed by atoms with E-state index in [1.54, 1.807) is 0 Å². The Balaban J connectivity index is -0.00000128. The Morgan fingerprint density at radius 3 is 2.17 bits per heavy atom. The van der Waals surface area contributed by atoms with Crippen LogP contribution in [0.3, 0.4) is 0 Å². The van der Waals surface area contributed by atoms with Crippen molar-refractivity contribution in [2.45, 2.75) is 77.7 Å². The van der Waals surface area contributed by atoms with E-state index in [1.165, 1.54) is 57.4 Å². The summed E-state index contributed by atoms with van der Waals surface area (Å²) >= 11 is 0. The molecule has 0 aliphatic rings. The zero-order valence-electron chi connectivity index (χ0n) is 13.6. The van der Waals surface area contributed by atoms with E-state index < -0.39 is 0 Å². The van der Waals surface area contributed by atoms with Crippen molar-refractivity contribution >= 4 is 5.91 Å². The van der Waals surface area contributed by atoms with Crippen LogP contribution in [-0.2, 0) is 4.79 Å². The van der Waals surface area contributed by atoms with Crippen molar-refractivity contribution in [3.63, 3.8) is 0 Å². The molecule has 1 atom stereocenters. The van der Waals surface area contributed by atoms with Gasteiger partial charge < -0.3 is 6.74 Å². The molecule has 0 aliphatic carbocycles. The van der Waals surface area contributed by atoms with Gasteiger partial charge in [-0.3, -0.25) is 4.79 Å². The number of hydrogen-bond donors (Lipinski definition) is 1. The van der Waals surface area contributed by atoms with Crippen LogP contribution < -0.4 is 34.9 Å². The smallest absolute Gasteiger partial charge is 1.00 e. The summed E-state index contributed by atoms with van der Waals surface area (Å²) in [5.74, 6) is -0.0583. The second-order valence-electron chi connectivity index (χ2n) is 4.88. The van der Waals surface area contributed by atoms with Crippen LogP contribution in [0.4, 0.5) is 0 Å². The quantitative estimate of drug-likeness (QED) is 0.340. The summed E-state index contributed by atoms with van der Waals surface area (Å²) in [5, 5.41) is 2.89. The van der Waals surface area contributed by atoms with E-state index in [9.17, 15) is 4.79 Å². The molecule has 102 valence electrons. The molecule has 0 saturated heterocycles. The molecule has 0 spiro atoms. The van der Waals surface area contributed by atoms with Crippen LogP contribution in [0.25, 0.3) is 0 Å². The third-order valence-electron chi connectivity index (χ3n) is 3.06. The van der Waals surface area contributed by atoms with E-state index in [-0.39, 0.29) is 42.9 Å². The maximum Gasteiger partial charge on any atom is 1.00 e.